The molecule has 3 aromatic rings. The van der Waals surface area contributed by atoms with Gasteiger partial charge in [0, 0.05) is 18.2 Å². The predicted octanol–water partition coefficient (Wildman–Crippen LogP) is 5.66. The maximum absolute atomic E-state index is 14.1. The Balaban J connectivity index is 1.61. The summed E-state index contributed by atoms with van der Waals surface area (Å²) in [5.74, 6) is -0.527. The van der Waals surface area contributed by atoms with E-state index in [2.05, 4.69) is 9.38 Å². The van der Waals surface area contributed by atoms with Gasteiger partial charge in [0.1, 0.15) is 16.7 Å². The van der Waals surface area contributed by atoms with Gasteiger partial charge in [0.2, 0.25) is 5.90 Å². The second kappa shape index (κ2) is 8.47. The highest BCUT2D eigenvalue weighted by Crippen LogP contribution is 2.41. The molecule has 166 valence electrons. The van der Waals surface area contributed by atoms with Crippen LogP contribution in [0.1, 0.15) is 49.5 Å². The Kier molecular flexibility index (Phi) is 5.86. The molecule has 2 atom stereocenters. The molecule has 0 radical (unpaired) electrons. The zero-order valence-corrected chi connectivity index (χ0v) is 19.0. The number of hydrogen-bond acceptors (Lipinski definition) is 4. The Hall–Kier alpha value is -3.06. The van der Waals surface area contributed by atoms with Crippen molar-refractivity contribution < 1.29 is 17.5 Å². The molecule has 0 spiro atoms. The van der Waals surface area contributed by atoms with E-state index in [0.717, 1.165) is 11.3 Å². The summed E-state index contributed by atoms with van der Waals surface area (Å²) in [6.45, 7) is 5.27. The Bertz CT molecular complexity index is 1240. The lowest BCUT2D eigenvalue weighted by Crippen LogP contribution is -2.43. The fourth-order valence-electron chi connectivity index (χ4n) is 4.17. The van der Waals surface area contributed by atoms with Gasteiger partial charge in [-0.1, -0.05) is 61.5 Å². The van der Waals surface area contributed by atoms with E-state index < -0.39 is 20.9 Å². The maximum atomic E-state index is 14.1. The molecule has 0 saturated carbocycles. The van der Waals surface area contributed by atoms with E-state index in [1.54, 1.807) is 50.4 Å². The highest BCUT2D eigenvalue weighted by molar-refractivity contribution is 7.90. The average molecular weight is 453 g/mol. The van der Waals surface area contributed by atoms with Crippen LogP contribution in [0.4, 0.5) is 4.39 Å². The number of pyridine rings is 1. The van der Waals surface area contributed by atoms with Crippen LogP contribution in [0, 0.1) is 5.82 Å². The number of halogens is 1. The van der Waals surface area contributed by atoms with E-state index in [0.29, 0.717) is 11.1 Å². The Labute approximate surface area is 188 Å². The largest absolute Gasteiger partial charge is 0.472 e. The van der Waals surface area contributed by atoms with Crippen LogP contribution in [-0.4, -0.2) is 24.9 Å². The lowest BCUT2D eigenvalue weighted by atomic mass is 9.95. The maximum Gasteiger partial charge on any atom is 0.267 e. The molecule has 0 amide bonds. The van der Waals surface area contributed by atoms with Gasteiger partial charge in [0.05, 0.1) is 5.69 Å². The normalized spacial score (nSPS) is 20.1. The third kappa shape index (κ3) is 4.43. The van der Waals surface area contributed by atoms with Crippen molar-refractivity contribution in [3.63, 3.8) is 0 Å². The van der Waals surface area contributed by atoms with Gasteiger partial charge in [-0.15, -0.1) is 4.40 Å². The molecule has 1 unspecified atom stereocenters. The van der Waals surface area contributed by atoms with E-state index in [1.807, 2.05) is 37.3 Å². The molecule has 1 aliphatic heterocycles. The Morgan fingerprint density at radius 3 is 2.34 bits per heavy atom. The zero-order valence-electron chi connectivity index (χ0n) is 18.2. The van der Waals surface area contributed by atoms with E-state index >= 15 is 0 Å². The van der Waals surface area contributed by atoms with Crippen molar-refractivity contribution >= 4 is 15.9 Å². The molecule has 1 aromatic heterocycles. The minimum atomic E-state index is -3.92. The van der Waals surface area contributed by atoms with Crippen LogP contribution in [0.3, 0.4) is 0 Å². The van der Waals surface area contributed by atoms with Crippen molar-refractivity contribution in [1.82, 2.24) is 4.98 Å². The zero-order chi connectivity index (χ0) is 22.9. The quantitative estimate of drug-likeness (QED) is 0.501. The first kappa shape index (κ1) is 22.1. The van der Waals surface area contributed by atoms with Crippen molar-refractivity contribution in [2.24, 2.45) is 4.40 Å². The Morgan fingerprint density at radius 1 is 1.03 bits per heavy atom. The van der Waals surface area contributed by atoms with Crippen LogP contribution >= 0.6 is 0 Å². The van der Waals surface area contributed by atoms with Gasteiger partial charge < -0.3 is 4.74 Å². The molecule has 2 heterocycles. The number of sulfonamides is 1. The summed E-state index contributed by atoms with van der Waals surface area (Å²) in [5, 5.41) is -1.00. The SMILES string of the molecule is C[C@H](CC1=NS(=O)(=O)C(c2ccc(-c3ccccc3)nc2)C(C)(C)O1)c1ccccc1F. The molecule has 0 aliphatic carbocycles. The summed E-state index contributed by atoms with van der Waals surface area (Å²) in [4.78, 5) is 4.46. The van der Waals surface area contributed by atoms with E-state index in [1.165, 1.54) is 6.07 Å². The Morgan fingerprint density at radius 2 is 1.72 bits per heavy atom. The summed E-state index contributed by atoms with van der Waals surface area (Å²) in [6.07, 6.45) is 1.75. The molecule has 0 fully saturated rings. The molecule has 32 heavy (non-hydrogen) atoms. The summed E-state index contributed by atoms with van der Waals surface area (Å²) >= 11 is 0. The molecule has 0 N–H and O–H groups in total. The van der Waals surface area contributed by atoms with Crippen LogP contribution in [0.15, 0.2) is 77.3 Å². The smallest absolute Gasteiger partial charge is 0.267 e. The average Bonchev–Trinajstić information content (AvgIpc) is 2.73. The van der Waals surface area contributed by atoms with Crippen LogP contribution in [0.5, 0.6) is 0 Å². The first-order valence-electron chi connectivity index (χ1n) is 10.4. The van der Waals surface area contributed by atoms with Gasteiger partial charge in [-0.05, 0) is 43.0 Å². The van der Waals surface area contributed by atoms with Gasteiger partial charge in [0.25, 0.3) is 10.0 Å². The summed E-state index contributed by atoms with van der Waals surface area (Å²) in [6, 6.07) is 19.7. The number of aromatic nitrogens is 1. The molecule has 0 bridgehead atoms. The van der Waals surface area contributed by atoms with Crippen molar-refractivity contribution in [3.05, 3.63) is 89.9 Å². The van der Waals surface area contributed by atoms with Gasteiger partial charge in [-0.25, -0.2) is 12.8 Å². The first-order chi connectivity index (χ1) is 15.2. The fourth-order valence-corrected chi connectivity index (χ4v) is 5.92. The minimum absolute atomic E-state index is 0.0934. The fraction of sp³-hybridized carbons (Fsp3) is 0.280. The van der Waals surface area contributed by atoms with Crippen molar-refractivity contribution in [3.8, 4) is 11.3 Å². The molecule has 0 saturated heterocycles. The van der Waals surface area contributed by atoms with E-state index in [-0.39, 0.29) is 24.1 Å². The van der Waals surface area contributed by atoms with Gasteiger partial charge >= 0.3 is 0 Å². The number of benzene rings is 2. The monoisotopic (exact) mass is 452 g/mol. The number of hydrogen-bond donors (Lipinski definition) is 0. The highest BCUT2D eigenvalue weighted by atomic mass is 32.2. The first-order valence-corrected chi connectivity index (χ1v) is 12.0. The lowest BCUT2D eigenvalue weighted by molar-refractivity contribution is 0.0802. The third-order valence-electron chi connectivity index (χ3n) is 5.61. The number of rotatable bonds is 5. The highest BCUT2D eigenvalue weighted by Gasteiger charge is 2.47. The van der Waals surface area contributed by atoms with Gasteiger partial charge in [-0.3, -0.25) is 4.98 Å². The van der Waals surface area contributed by atoms with Crippen molar-refractivity contribution in [2.45, 2.75) is 44.0 Å². The minimum Gasteiger partial charge on any atom is -0.472 e. The molecule has 2 aromatic carbocycles. The predicted molar refractivity (Wildman–Crippen MR) is 123 cm³/mol. The lowest BCUT2D eigenvalue weighted by Gasteiger charge is -2.37. The molecule has 1 aliphatic rings. The van der Waals surface area contributed by atoms with Crippen LogP contribution in [-0.2, 0) is 14.8 Å². The van der Waals surface area contributed by atoms with E-state index in [9.17, 15) is 12.8 Å². The molecule has 7 heteroatoms. The number of nitrogens with zero attached hydrogens (tertiary/aromatic N) is 2. The van der Waals surface area contributed by atoms with Crippen LogP contribution in [0.2, 0.25) is 0 Å². The molecular weight excluding hydrogens is 427 g/mol. The standard InChI is InChI=1S/C25H25FN2O3S/c1-17(20-11-7-8-12-21(20)26)15-23-28-32(29,30)24(25(2,3)31-23)19-13-14-22(27-16-19)18-9-5-4-6-10-18/h4-14,16-17,24H,15H2,1-3H3/t17-,24?/m1/s1. The molecule has 5 nitrogen and oxygen atoms in total. The summed E-state index contributed by atoms with van der Waals surface area (Å²) < 4.78 is 50.5. The molecular formula is C25H25FN2O3S. The third-order valence-corrected chi connectivity index (χ3v) is 7.51. The van der Waals surface area contributed by atoms with Gasteiger partial charge in [-0.2, -0.15) is 0 Å². The van der Waals surface area contributed by atoms with Gasteiger partial charge in [0.15, 0.2) is 0 Å². The number of ether oxygens (including phenoxy) is 1. The topological polar surface area (TPSA) is 68.6 Å². The van der Waals surface area contributed by atoms with Crippen LogP contribution in [0.25, 0.3) is 11.3 Å². The van der Waals surface area contributed by atoms with Crippen molar-refractivity contribution in [1.29, 1.82) is 0 Å². The summed E-state index contributed by atoms with van der Waals surface area (Å²) in [5.41, 5.74) is 1.64. The summed E-state index contributed by atoms with van der Waals surface area (Å²) in [7, 11) is -3.92. The van der Waals surface area contributed by atoms with Crippen molar-refractivity contribution in [2.75, 3.05) is 0 Å². The van der Waals surface area contributed by atoms with Crippen LogP contribution < -0.4 is 0 Å². The second-order valence-electron chi connectivity index (χ2n) is 8.56. The van der Waals surface area contributed by atoms with E-state index in [4.69, 9.17) is 4.74 Å². The second-order valence-corrected chi connectivity index (χ2v) is 10.2. The molecule has 4 rings (SSSR count).